The van der Waals surface area contributed by atoms with Crippen molar-refractivity contribution in [3.63, 3.8) is 0 Å². The molecule has 2 aliphatic rings. The van der Waals surface area contributed by atoms with Gasteiger partial charge in [-0.1, -0.05) is 135 Å². The third-order valence-electron chi connectivity index (χ3n) is 11.5. The number of hydrogen-bond donors (Lipinski definition) is 7. The van der Waals surface area contributed by atoms with E-state index in [2.05, 4.69) is 70.0 Å². The summed E-state index contributed by atoms with van der Waals surface area (Å²) in [6.07, 6.45) is 1.19. The van der Waals surface area contributed by atoms with Crippen LogP contribution in [0.5, 0.6) is 0 Å². The maximum absolute atomic E-state index is 14.7. The number of carboxylic acid groups (broad SMARTS) is 1. The Labute approximate surface area is 390 Å². The van der Waals surface area contributed by atoms with Crippen molar-refractivity contribution in [2.75, 3.05) is 6.54 Å². The molecule has 14 heteroatoms. The van der Waals surface area contributed by atoms with E-state index in [9.17, 15) is 38.7 Å². The van der Waals surface area contributed by atoms with Gasteiger partial charge in [-0.3, -0.25) is 28.8 Å². The van der Waals surface area contributed by atoms with Crippen LogP contribution in [0.2, 0.25) is 0 Å². The van der Waals surface area contributed by atoms with Crippen LogP contribution >= 0.6 is 0 Å². The van der Waals surface area contributed by atoms with Gasteiger partial charge in [0, 0.05) is 38.3 Å². The molecule has 0 radical (unpaired) electrons. The summed E-state index contributed by atoms with van der Waals surface area (Å²) in [4.78, 5) is 95.7. The van der Waals surface area contributed by atoms with E-state index in [0.717, 1.165) is 23.1 Å². The maximum atomic E-state index is 14.7. The van der Waals surface area contributed by atoms with E-state index in [1.807, 2.05) is 54.6 Å². The second kappa shape index (κ2) is 23.5. The smallest absolute Gasteiger partial charge is 0.326 e. The molecule has 5 atom stereocenters. The van der Waals surface area contributed by atoms with Crippen LogP contribution in [0.3, 0.4) is 0 Å². The molecule has 5 aromatic rings. The van der Waals surface area contributed by atoms with E-state index in [0.29, 0.717) is 29.0 Å². The highest BCUT2D eigenvalue weighted by Gasteiger charge is 2.33. The Morgan fingerprint density at radius 3 is 1.60 bits per heavy atom. The van der Waals surface area contributed by atoms with Gasteiger partial charge < -0.3 is 37.0 Å². The molecule has 0 spiro atoms. The summed E-state index contributed by atoms with van der Waals surface area (Å²) in [5.74, 6) is -4.89. The lowest BCUT2D eigenvalue weighted by Crippen LogP contribution is -2.60. The molecule has 0 aliphatic carbocycles. The molecule has 2 bridgehead atoms. The molecule has 7 rings (SSSR count). The van der Waals surface area contributed by atoms with Crippen LogP contribution in [0.1, 0.15) is 65.4 Å². The molecule has 14 nitrogen and oxygen atoms in total. The summed E-state index contributed by atoms with van der Waals surface area (Å²) < 4.78 is 0. The molecule has 0 saturated carbocycles. The average molecular weight is 907 g/mol. The summed E-state index contributed by atoms with van der Waals surface area (Å²) in [6.45, 7) is 5.23. The summed E-state index contributed by atoms with van der Waals surface area (Å²) >= 11 is 0. The maximum Gasteiger partial charge on any atom is 0.326 e. The average Bonchev–Trinajstić information content (AvgIpc) is 3.31. The van der Waals surface area contributed by atoms with Gasteiger partial charge in [0.15, 0.2) is 0 Å². The fourth-order valence-electron chi connectivity index (χ4n) is 7.94. The third kappa shape index (κ3) is 14.7. The first-order chi connectivity index (χ1) is 32.2. The highest BCUT2D eigenvalue weighted by atomic mass is 16.4. The number of rotatable bonds is 12. The molecule has 348 valence electrons. The van der Waals surface area contributed by atoms with Crippen molar-refractivity contribution in [2.45, 2.75) is 89.5 Å². The Morgan fingerprint density at radius 2 is 1.06 bits per heavy atom. The molecule has 5 unspecified atom stereocenters. The van der Waals surface area contributed by atoms with Crippen molar-refractivity contribution < 1.29 is 38.7 Å². The number of hydrogen-bond acceptors (Lipinski definition) is 7. The fourth-order valence-corrected chi connectivity index (χ4v) is 7.94. The fraction of sp³-hybridized carbons (Fsp3) is 0.302. The van der Waals surface area contributed by atoms with E-state index in [-0.39, 0.29) is 37.8 Å². The topological polar surface area (TPSA) is 212 Å². The molecule has 0 saturated heterocycles. The van der Waals surface area contributed by atoms with Crippen LogP contribution in [0, 0.1) is 5.92 Å². The minimum Gasteiger partial charge on any atom is -0.480 e. The van der Waals surface area contributed by atoms with Crippen molar-refractivity contribution in [1.82, 2.24) is 31.9 Å². The number of nitrogens with one attached hydrogen (secondary N) is 6. The molecule has 2 aliphatic heterocycles. The lowest BCUT2D eigenvalue weighted by molar-refractivity contribution is -0.142. The number of aliphatic carboxylic acids is 1. The lowest BCUT2D eigenvalue weighted by atomic mass is 9.97. The van der Waals surface area contributed by atoms with Gasteiger partial charge in [0.05, 0.1) is 0 Å². The number of carboxylic acids is 1. The van der Waals surface area contributed by atoms with Crippen LogP contribution in [0.15, 0.2) is 133 Å². The minimum atomic E-state index is -1.42. The number of fused-ring (bicyclic) bond motifs is 18. The van der Waals surface area contributed by atoms with Gasteiger partial charge in [0.2, 0.25) is 29.5 Å². The molecule has 0 fully saturated rings. The van der Waals surface area contributed by atoms with Gasteiger partial charge in [-0.15, -0.1) is 0 Å². The van der Waals surface area contributed by atoms with E-state index in [1.54, 1.807) is 42.5 Å². The molecular weight excluding hydrogens is 849 g/mol. The largest absolute Gasteiger partial charge is 0.480 e. The van der Waals surface area contributed by atoms with Crippen LogP contribution in [0.25, 0.3) is 11.1 Å². The molecule has 0 aromatic heterocycles. The predicted octanol–water partition coefficient (Wildman–Crippen LogP) is 4.48. The van der Waals surface area contributed by atoms with Crippen LogP contribution in [-0.4, -0.2) is 83.3 Å². The monoisotopic (exact) mass is 906 g/mol. The second-order valence-electron chi connectivity index (χ2n) is 17.4. The van der Waals surface area contributed by atoms with E-state index < -0.39 is 71.6 Å². The predicted molar refractivity (Wildman–Crippen MR) is 254 cm³/mol. The van der Waals surface area contributed by atoms with Gasteiger partial charge in [-0.2, -0.15) is 0 Å². The number of aryl methyl sites for hydroxylation is 1. The molecule has 67 heavy (non-hydrogen) atoms. The Hall–Kier alpha value is -7.61. The van der Waals surface area contributed by atoms with Crippen molar-refractivity contribution >= 4 is 41.4 Å². The first-order valence-corrected chi connectivity index (χ1v) is 22.6. The molecule has 2 heterocycles. The molecule has 7 N–H and O–H groups in total. The summed E-state index contributed by atoms with van der Waals surface area (Å²) in [5, 5.41) is 26.5. The minimum absolute atomic E-state index is 0.0137. The number of benzene rings is 5. The van der Waals surface area contributed by atoms with Gasteiger partial charge in [-0.25, -0.2) is 4.79 Å². The molecular formula is C53H58N6O8. The molecule has 5 aromatic carbocycles. The van der Waals surface area contributed by atoms with E-state index >= 15 is 0 Å². The normalized spacial score (nSPS) is 19.8. The van der Waals surface area contributed by atoms with Gasteiger partial charge >= 0.3 is 5.97 Å². The number of carbonyl (C=O) groups is 7. The lowest BCUT2D eigenvalue weighted by Gasteiger charge is -2.27. The Kier molecular flexibility index (Phi) is 17.2. The summed E-state index contributed by atoms with van der Waals surface area (Å²) in [6, 6.07) is 33.6. The zero-order valence-electron chi connectivity index (χ0n) is 37.9. The van der Waals surface area contributed by atoms with Gasteiger partial charge in [0.25, 0.3) is 5.91 Å². The van der Waals surface area contributed by atoms with Crippen molar-refractivity contribution in [3.8, 4) is 11.1 Å². The quantitative estimate of drug-likeness (QED) is 0.0886. The Morgan fingerprint density at radius 1 is 0.582 bits per heavy atom. The van der Waals surface area contributed by atoms with E-state index in [4.69, 9.17) is 0 Å². The Bertz CT molecular complexity index is 2500. The summed E-state index contributed by atoms with van der Waals surface area (Å²) in [5.41, 5.74) is 6.10. The second-order valence-corrected chi connectivity index (χ2v) is 17.4. The van der Waals surface area contributed by atoms with Crippen LogP contribution in [0.4, 0.5) is 0 Å². The Balaban J connectivity index is 1.37. The van der Waals surface area contributed by atoms with Crippen LogP contribution < -0.4 is 31.9 Å². The number of amides is 6. The highest BCUT2D eigenvalue weighted by Crippen LogP contribution is 2.22. The standard InChI is InChI=1S/C53H58N6O8/c1-33(2)28-37-14-21-40(22-15-37)41-23-16-38(17-24-41)30-45-50(63)58-44(29-36-12-8-5-9-13-36)51(64)59-46(53(66)67)31-39-18-25-42(26-19-39)48(61)54-32-47(55-34(3)60)52(65)56-43(49(62)57-45)27-20-35-10-6-4-7-11-35/h4-19,21-26,33,43-47H,20,27-32H2,1-3H3,(H,54,61)(H,55,60)(H,56,65)(H,57,62)(H,58,63)(H,59,64)(H,66,67). The van der Waals surface area contributed by atoms with Crippen molar-refractivity contribution in [1.29, 1.82) is 0 Å². The number of carbonyl (C=O) groups excluding carboxylic acids is 6. The van der Waals surface area contributed by atoms with Crippen molar-refractivity contribution in [3.05, 3.63) is 167 Å². The zero-order chi connectivity index (χ0) is 47.9. The SMILES string of the molecule is CC(=O)NC1CNC(=O)c2ccc(cc2)CC(C(=O)O)NC(=O)C(Cc2ccccc2)NC(=O)C(Cc2ccc(-c3ccc(CC(C)C)cc3)cc2)NC(=O)C(CCc2ccccc2)NC1=O. The summed E-state index contributed by atoms with van der Waals surface area (Å²) in [7, 11) is 0. The molecule has 6 amide bonds. The first kappa shape index (κ1) is 48.8. The van der Waals surface area contributed by atoms with Crippen LogP contribution in [-0.2, 0) is 60.9 Å². The zero-order valence-corrected chi connectivity index (χ0v) is 37.9. The van der Waals surface area contributed by atoms with Crippen molar-refractivity contribution in [2.24, 2.45) is 5.92 Å². The van der Waals surface area contributed by atoms with E-state index in [1.165, 1.54) is 24.6 Å². The highest BCUT2D eigenvalue weighted by molar-refractivity contribution is 5.97. The first-order valence-electron chi connectivity index (χ1n) is 22.6. The van der Waals surface area contributed by atoms with Gasteiger partial charge in [-0.05, 0) is 76.3 Å². The third-order valence-corrected chi connectivity index (χ3v) is 11.5. The van der Waals surface area contributed by atoms with Gasteiger partial charge in [0.1, 0.15) is 30.2 Å².